The molecule has 1 atom stereocenters. The van der Waals surface area contributed by atoms with Crippen LogP contribution in [-0.2, 0) is 28.8 Å². The summed E-state index contributed by atoms with van der Waals surface area (Å²) in [6, 6.07) is 47.7. The van der Waals surface area contributed by atoms with Crippen LogP contribution >= 0.6 is 0 Å². The first-order valence-corrected chi connectivity index (χ1v) is 19.2. The van der Waals surface area contributed by atoms with Gasteiger partial charge in [-0.2, -0.15) is 0 Å². The smallest absolute Gasteiger partial charge is 0.184 e. The number of rotatable bonds is 14. The second-order valence-electron chi connectivity index (χ2n) is 13.9. The molecule has 5 aromatic carbocycles. The van der Waals surface area contributed by atoms with Crippen molar-refractivity contribution in [2.45, 2.75) is 64.6 Å². The Kier molecular flexibility index (Phi) is 12.8. The van der Waals surface area contributed by atoms with Crippen LogP contribution in [0.15, 0.2) is 140 Å². The molecule has 9 heteroatoms. The molecule has 0 bridgehead atoms. The molecule has 1 unspecified atom stereocenters. The van der Waals surface area contributed by atoms with E-state index in [2.05, 4.69) is 126 Å². The fraction of sp³-hybridized carbons (Fsp3) is 0.255. The van der Waals surface area contributed by atoms with E-state index >= 15 is 0 Å². The molecule has 0 fully saturated rings. The third-order valence-electron chi connectivity index (χ3n) is 10.3. The van der Waals surface area contributed by atoms with E-state index in [1.54, 1.807) is 14.0 Å². The maximum absolute atomic E-state index is 12.4. The molecule has 2 aromatic heterocycles. The Bertz CT molecular complexity index is 2200. The number of ether oxygens (including phenoxy) is 1. The average Bonchev–Trinajstić information content (AvgIpc) is 3.88. The fourth-order valence-electron chi connectivity index (χ4n) is 7.18. The Morgan fingerprint density at radius 2 is 1.25 bits per heavy atom. The third-order valence-corrected chi connectivity index (χ3v) is 10.3. The topological polar surface area (TPSA) is 108 Å². The molecule has 0 radical (unpaired) electrons. The summed E-state index contributed by atoms with van der Waals surface area (Å²) in [6.07, 6.45) is 2.85. The summed E-state index contributed by atoms with van der Waals surface area (Å²) in [4.78, 5) is 17.2. The molecule has 2 heterocycles. The van der Waals surface area contributed by atoms with Crippen LogP contribution in [0.1, 0.15) is 84.8 Å². The van der Waals surface area contributed by atoms with Crippen molar-refractivity contribution >= 4 is 6.29 Å². The molecule has 7 rings (SSSR count). The highest BCUT2D eigenvalue weighted by molar-refractivity contribution is 5.81. The lowest BCUT2D eigenvalue weighted by Gasteiger charge is -2.36. The molecule has 1 N–H and O–H groups in total. The van der Waals surface area contributed by atoms with E-state index in [1.807, 2.05) is 53.4 Å². The Morgan fingerprint density at radius 1 is 0.732 bits per heavy atom. The largest absolute Gasteiger partial charge is 0.385 e. The normalized spacial score (nSPS) is 12.4. The molecule has 0 amide bonds. The zero-order chi connectivity index (χ0) is 39.5. The van der Waals surface area contributed by atoms with Crippen molar-refractivity contribution in [2.24, 2.45) is 0 Å². The van der Waals surface area contributed by atoms with Crippen molar-refractivity contribution in [2.75, 3.05) is 13.7 Å². The van der Waals surface area contributed by atoms with Gasteiger partial charge < -0.3 is 14.4 Å². The van der Waals surface area contributed by atoms with Crippen LogP contribution in [0.3, 0.4) is 0 Å². The van der Waals surface area contributed by atoms with Gasteiger partial charge in [0.2, 0.25) is 0 Å². The summed E-state index contributed by atoms with van der Waals surface area (Å²) in [5, 5.41) is 24.8. The highest BCUT2D eigenvalue weighted by atomic mass is 16.5. The number of tetrazole rings is 1. The van der Waals surface area contributed by atoms with Gasteiger partial charge in [0.25, 0.3) is 0 Å². The van der Waals surface area contributed by atoms with Crippen molar-refractivity contribution < 1.29 is 14.6 Å². The average molecular weight is 747 g/mol. The lowest BCUT2D eigenvalue weighted by Crippen LogP contribution is -2.39. The van der Waals surface area contributed by atoms with Gasteiger partial charge in [-0.1, -0.05) is 153 Å². The highest BCUT2D eigenvalue weighted by Crippen LogP contribution is 2.43. The molecule has 286 valence electrons. The van der Waals surface area contributed by atoms with Crippen molar-refractivity contribution in [3.05, 3.63) is 179 Å². The number of hydrogen-bond donors (Lipinski definition) is 1. The van der Waals surface area contributed by atoms with Crippen LogP contribution in [0.5, 0.6) is 0 Å². The van der Waals surface area contributed by atoms with Gasteiger partial charge in [0.1, 0.15) is 28.4 Å². The number of aldehydes is 1. The number of carbonyl (C=O) groups excluding carboxylic acids is 1. The van der Waals surface area contributed by atoms with Crippen LogP contribution in [0, 0.1) is 0 Å². The van der Waals surface area contributed by atoms with Crippen molar-refractivity contribution in [3.63, 3.8) is 0 Å². The minimum absolute atomic E-state index is 0.426. The van der Waals surface area contributed by atoms with E-state index in [1.165, 1.54) is 0 Å². The fourth-order valence-corrected chi connectivity index (χ4v) is 7.18. The van der Waals surface area contributed by atoms with Crippen LogP contribution in [0.25, 0.3) is 22.5 Å². The number of aromatic nitrogens is 6. The first kappa shape index (κ1) is 39.7. The molecule has 0 saturated heterocycles. The second kappa shape index (κ2) is 18.1. The number of imidazole rings is 1. The van der Waals surface area contributed by atoms with Gasteiger partial charge in [-0.25, -0.2) is 9.67 Å². The third kappa shape index (κ3) is 7.87. The molecule has 0 aliphatic heterocycles. The number of carbonyl (C=O) groups is 1. The summed E-state index contributed by atoms with van der Waals surface area (Å²) in [6.45, 7) is 8.94. The van der Waals surface area contributed by atoms with Crippen LogP contribution in [-0.4, -0.2) is 54.9 Å². The molecule has 0 saturated carbocycles. The van der Waals surface area contributed by atoms with Gasteiger partial charge in [0, 0.05) is 32.2 Å². The Labute approximate surface area is 329 Å². The van der Waals surface area contributed by atoms with E-state index < -0.39 is 11.1 Å². The van der Waals surface area contributed by atoms with E-state index in [4.69, 9.17) is 15.3 Å². The van der Waals surface area contributed by atoms with Crippen molar-refractivity contribution in [1.82, 2.24) is 29.8 Å². The number of benzene rings is 5. The minimum atomic E-state index is -1.19. The first-order chi connectivity index (χ1) is 27.3. The number of nitrogens with zero attached hydrogens (tertiary/aromatic N) is 6. The van der Waals surface area contributed by atoms with Gasteiger partial charge >= 0.3 is 0 Å². The van der Waals surface area contributed by atoms with E-state index in [-0.39, 0.29) is 0 Å². The zero-order valence-corrected chi connectivity index (χ0v) is 32.8. The van der Waals surface area contributed by atoms with Gasteiger partial charge in [0.15, 0.2) is 12.1 Å². The van der Waals surface area contributed by atoms with Crippen molar-refractivity contribution in [1.29, 1.82) is 0 Å². The number of aliphatic hydroxyl groups is 1. The molecule has 0 spiro atoms. The molecule has 0 aliphatic carbocycles. The van der Waals surface area contributed by atoms with Crippen LogP contribution in [0.2, 0.25) is 0 Å². The number of methoxy groups -OCH3 is 1. The second-order valence-corrected chi connectivity index (χ2v) is 13.9. The maximum Gasteiger partial charge on any atom is 0.184 e. The van der Waals surface area contributed by atoms with E-state index in [0.29, 0.717) is 36.6 Å². The first-order valence-electron chi connectivity index (χ1n) is 19.2. The lowest BCUT2D eigenvalue weighted by molar-refractivity contribution is 0.0477. The molecule has 56 heavy (non-hydrogen) atoms. The lowest BCUT2D eigenvalue weighted by atomic mass is 9.77. The predicted octanol–water partition coefficient (Wildman–Crippen LogP) is 9.13. The summed E-state index contributed by atoms with van der Waals surface area (Å²) in [5.41, 5.74) is 5.79. The van der Waals surface area contributed by atoms with Crippen LogP contribution in [0.4, 0.5) is 0 Å². The van der Waals surface area contributed by atoms with E-state index in [0.717, 1.165) is 64.1 Å². The summed E-state index contributed by atoms with van der Waals surface area (Å²) in [7, 11) is 1.68. The summed E-state index contributed by atoms with van der Waals surface area (Å²) < 4.78 is 8.45. The zero-order valence-electron chi connectivity index (χ0n) is 32.8. The molecule has 9 nitrogen and oxygen atoms in total. The highest BCUT2D eigenvalue weighted by Gasteiger charge is 2.42. The Morgan fingerprint density at radius 3 is 1.73 bits per heavy atom. The van der Waals surface area contributed by atoms with Gasteiger partial charge in [-0.05, 0) is 70.5 Å². The predicted molar refractivity (Wildman–Crippen MR) is 221 cm³/mol. The molecular weight excluding hydrogens is 697 g/mol. The van der Waals surface area contributed by atoms with E-state index in [9.17, 15) is 9.90 Å². The number of aryl methyl sites for hydroxylation is 1. The standard InChI is InChI=1S/C44H42N6O2.C3H8O/c1-4-17-40-45-41(43(3,52)5-2)39(31-51)49(40)30-32-26-28-33(29-27-32)37-24-15-16-25-38(37)42-46-47-48-50(42)44(34-18-9-6-10-19-34,35-20-11-7-12-21-35)36-22-13-8-14-23-36;1-3-4-2/h6-16,18-29,31,52H,4-5,17,30H2,1-3H3;3H2,1-2H3. The van der Waals surface area contributed by atoms with Gasteiger partial charge in [0.05, 0.1) is 0 Å². The minimum Gasteiger partial charge on any atom is -0.385 e. The van der Waals surface area contributed by atoms with Gasteiger partial charge in [-0.3, -0.25) is 4.79 Å². The molecule has 7 aromatic rings. The summed E-state index contributed by atoms with van der Waals surface area (Å²) >= 11 is 0. The van der Waals surface area contributed by atoms with Crippen molar-refractivity contribution in [3.8, 4) is 22.5 Å². The Balaban J connectivity index is 0.00000127. The maximum atomic E-state index is 12.4. The quantitative estimate of drug-likeness (QED) is 0.0874. The number of hydrogen-bond acceptors (Lipinski definition) is 7. The Hall–Kier alpha value is -6.03. The summed E-state index contributed by atoms with van der Waals surface area (Å²) in [5.74, 6) is 1.43. The monoisotopic (exact) mass is 746 g/mol. The van der Waals surface area contributed by atoms with Gasteiger partial charge in [-0.15, -0.1) is 5.10 Å². The van der Waals surface area contributed by atoms with Crippen LogP contribution < -0.4 is 0 Å². The SMILES string of the molecule is CCCc1nc(C(C)(O)CC)c(C=O)n1Cc1ccc(-c2ccccc2-c2nnnn2C(c2ccccc2)(c2ccccc2)c2ccccc2)cc1.CCOC. The molecule has 0 aliphatic rings. The molecular formula is C47H50N6O3.